The molecule has 0 radical (unpaired) electrons. The summed E-state index contributed by atoms with van der Waals surface area (Å²) in [5, 5.41) is 3.26. The molecule has 4 saturated carbocycles. The molecule has 162 valence electrons. The van der Waals surface area contributed by atoms with Crippen molar-refractivity contribution in [1.82, 2.24) is 0 Å². The zero-order valence-corrected chi connectivity index (χ0v) is 18.3. The van der Waals surface area contributed by atoms with E-state index >= 15 is 0 Å². The molecule has 0 atom stereocenters. The molecule has 5 aliphatic rings. The van der Waals surface area contributed by atoms with Crippen LogP contribution in [0.25, 0.3) is 0 Å². The summed E-state index contributed by atoms with van der Waals surface area (Å²) >= 11 is 0. The van der Waals surface area contributed by atoms with Gasteiger partial charge in [-0.25, -0.2) is 0 Å². The van der Waals surface area contributed by atoms with Gasteiger partial charge in [-0.3, -0.25) is 4.79 Å². The van der Waals surface area contributed by atoms with Crippen LogP contribution in [-0.4, -0.2) is 19.1 Å². The summed E-state index contributed by atoms with van der Waals surface area (Å²) in [7, 11) is 0. The molecular formula is C28H33NO2. The van der Waals surface area contributed by atoms with Crippen LogP contribution in [0.3, 0.4) is 0 Å². The standard InChI is InChI=1S/C28H33NO2/c30-26(28(10-12-31-13-11-28)24-4-2-1-3-5-24)29-25-8-6-23(7-9-25)27-17-20-14-21(18-27)16-22(15-20)19-27/h1-9,20-22H,10-19H2,(H,29,30). The fraction of sp³-hybridized carbons (Fsp3) is 0.536. The Balaban J connectivity index is 1.23. The maximum Gasteiger partial charge on any atom is 0.235 e. The Bertz CT molecular complexity index is 907. The number of carbonyl (C=O) groups is 1. The molecule has 3 heteroatoms. The molecule has 1 amide bonds. The average Bonchev–Trinajstić information content (AvgIpc) is 2.79. The molecule has 2 aromatic rings. The van der Waals surface area contributed by atoms with Gasteiger partial charge < -0.3 is 10.1 Å². The first-order valence-corrected chi connectivity index (χ1v) is 12.2. The van der Waals surface area contributed by atoms with E-state index in [1.54, 1.807) is 0 Å². The largest absolute Gasteiger partial charge is 0.381 e. The summed E-state index contributed by atoms with van der Waals surface area (Å²) in [5.74, 6) is 2.95. The molecule has 4 bridgehead atoms. The minimum absolute atomic E-state index is 0.101. The number of hydrogen-bond donors (Lipinski definition) is 1. The first-order valence-electron chi connectivity index (χ1n) is 12.2. The van der Waals surface area contributed by atoms with E-state index in [1.807, 2.05) is 18.2 Å². The summed E-state index contributed by atoms with van der Waals surface area (Å²) in [6.45, 7) is 1.26. The molecular weight excluding hydrogens is 382 g/mol. The van der Waals surface area contributed by atoms with E-state index in [2.05, 4.69) is 41.7 Å². The Morgan fingerprint density at radius 3 is 1.94 bits per heavy atom. The Morgan fingerprint density at radius 2 is 1.35 bits per heavy atom. The molecule has 0 spiro atoms. The number of benzene rings is 2. The van der Waals surface area contributed by atoms with Crippen LogP contribution in [-0.2, 0) is 20.4 Å². The van der Waals surface area contributed by atoms with Gasteiger partial charge >= 0.3 is 0 Å². The Kier molecular flexibility index (Phi) is 4.72. The van der Waals surface area contributed by atoms with Gasteiger partial charge in [0.05, 0.1) is 5.41 Å². The van der Waals surface area contributed by atoms with Gasteiger partial charge in [0, 0.05) is 18.9 Å². The van der Waals surface area contributed by atoms with Crippen LogP contribution in [0.1, 0.15) is 62.5 Å². The lowest BCUT2D eigenvalue weighted by Crippen LogP contribution is -2.48. The highest BCUT2D eigenvalue weighted by atomic mass is 16.5. The van der Waals surface area contributed by atoms with Crippen molar-refractivity contribution in [1.29, 1.82) is 0 Å². The van der Waals surface area contributed by atoms with Crippen molar-refractivity contribution in [3.8, 4) is 0 Å². The summed E-state index contributed by atoms with van der Waals surface area (Å²) in [6.07, 6.45) is 10.0. The van der Waals surface area contributed by atoms with Gasteiger partial charge in [0.25, 0.3) is 0 Å². The third-order valence-electron chi connectivity index (χ3n) is 8.90. The SMILES string of the molecule is O=C(Nc1ccc(C23CC4CC(CC(C4)C2)C3)cc1)C1(c2ccccc2)CCOCC1. The lowest BCUT2D eigenvalue weighted by Gasteiger charge is -2.57. The van der Waals surface area contributed by atoms with Crippen molar-refractivity contribution in [3.05, 3.63) is 65.7 Å². The van der Waals surface area contributed by atoms with Crippen LogP contribution in [0.2, 0.25) is 0 Å². The van der Waals surface area contributed by atoms with Gasteiger partial charge in [0.2, 0.25) is 5.91 Å². The molecule has 1 N–H and O–H groups in total. The highest BCUT2D eigenvalue weighted by Gasteiger charge is 2.51. The maximum atomic E-state index is 13.5. The Labute approximate surface area is 185 Å². The Morgan fingerprint density at radius 1 is 0.774 bits per heavy atom. The van der Waals surface area contributed by atoms with Crippen LogP contribution in [0.15, 0.2) is 54.6 Å². The highest BCUT2D eigenvalue weighted by Crippen LogP contribution is 2.60. The van der Waals surface area contributed by atoms with Crippen molar-refractivity contribution in [2.75, 3.05) is 18.5 Å². The van der Waals surface area contributed by atoms with Gasteiger partial charge in [-0.05, 0) is 97.8 Å². The van der Waals surface area contributed by atoms with Gasteiger partial charge in [-0.1, -0.05) is 42.5 Å². The smallest absolute Gasteiger partial charge is 0.235 e. The van der Waals surface area contributed by atoms with E-state index < -0.39 is 5.41 Å². The topological polar surface area (TPSA) is 38.3 Å². The number of hydrogen-bond acceptors (Lipinski definition) is 2. The third kappa shape index (κ3) is 3.33. The van der Waals surface area contributed by atoms with Crippen LogP contribution < -0.4 is 5.32 Å². The van der Waals surface area contributed by atoms with E-state index in [-0.39, 0.29) is 5.91 Å². The van der Waals surface area contributed by atoms with Crippen LogP contribution in [0, 0.1) is 17.8 Å². The number of ether oxygens (including phenoxy) is 1. The molecule has 1 heterocycles. The summed E-state index contributed by atoms with van der Waals surface area (Å²) in [6, 6.07) is 19.1. The second kappa shape index (κ2) is 7.48. The van der Waals surface area contributed by atoms with Crippen LogP contribution in [0.4, 0.5) is 5.69 Å². The van der Waals surface area contributed by atoms with Crippen molar-refractivity contribution in [2.24, 2.45) is 17.8 Å². The minimum atomic E-state index is -0.502. The molecule has 3 nitrogen and oxygen atoms in total. The van der Waals surface area contributed by atoms with Crippen LogP contribution >= 0.6 is 0 Å². The van der Waals surface area contributed by atoms with Gasteiger partial charge in [-0.2, -0.15) is 0 Å². The summed E-state index contributed by atoms with van der Waals surface area (Å²) in [4.78, 5) is 13.5. The van der Waals surface area contributed by atoms with Gasteiger partial charge in [0.1, 0.15) is 0 Å². The molecule has 1 aliphatic heterocycles. The predicted molar refractivity (Wildman–Crippen MR) is 123 cm³/mol. The predicted octanol–water partition coefficient (Wildman–Crippen LogP) is 5.84. The monoisotopic (exact) mass is 415 g/mol. The van der Waals surface area contributed by atoms with Crippen molar-refractivity contribution in [3.63, 3.8) is 0 Å². The average molecular weight is 416 g/mol. The number of amides is 1. The quantitative estimate of drug-likeness (QED) is 0.681. The van der Waals surface area contributed by atoms with E-state index in [4.69, 9.17) is 4.74 Å². The van der Waals surface area contributed by atoms with E-state index in [0.717, 1.165) is 41.8 Å². The number of nitrogens with one attached hydrogen (secondary N) is 1. The van der Waals surface area contributed by atoms with Crippen molar-refractivity contribution in [2.45, 2.75) is 62.2 Å². The normalized spacial score (nSPS) is 33.2. The Hall–Kier alpha value is -2.13. The van der Waals surface area contributed by atoms with Gasteiger partial charge in [0.15, 0.2) is 0 Å². The van der Waals surface area contributed by atoms with Crippen molar-refractivity contribution < 1.29 is 9.53 Å². The third-order valence-corrected chi connectivity index (χ3v) is 8.90. The molecule has 7 rings (SSSR count). The second-order valence-corrected chi connectivity index (χ2v) is 10.8. The fourth-order valence-electron chi connectivity index (χ4n) is 7.75. The molecule has 1 saturated heterocycles. The second-order valence-electron chi connectivity index (χ2n) is 10.8. The molecule has 31 heavy (non-hydrogen) atoms. The van der Waals surface area contributed by atoms with Crippen LogP contribution in [0.5, 0.6) is 0 Å². The minimum Gasteiger partial charge on any atom is -0.381 e. The molecule has 0 aromatic heterocycles. The fourth-order valence-corrected chi connectivity index (χ4v) is 7.75. The lowest BCUT2D eigenvalue weighted by atomic mass is 9.48. The van der Waals surface area contributed by atoms with Gasteiger partial charge in [-0.15, -0.1) is 0 Å². The number of carbonyl (C=O) groups excluding carboxylic acids is 1. The molecule has 5 fully saturated rings. The molecule has 0 unspecified atom stereocenters. The summed E-state index contributed by atoms with van der Waals surface area (Å²) < 4.78 is 5.60. The zero-order chi connectivity index (χ0) is 20.9. The number of rotatable bonds is 4. The first kappa shape index (κ1) is 19.5. The van der Waals surface area contributed by atoms with E-state index in [9.17, 15) is 4.79 Å². The lowest BCUT2D eigenvalue weighted by molar-refractivity contribution is -0.125. The van der Waals surface area contributed by atoms with E-state index in [1.165, 1.54) is 44.1 Å². The summed E-state index contributed by atoms with van der Waals surface area (Å²) in [5.41, 5.74) is 3.43. The molecule has 2 aromatic carbocycles. The maximum absolute atomic E-state index is 13.5. The molecule has 4 aliphatic carbocycles. The first-order chi connectivity index (χ1) is 15.2. The van der Waals surface area contributed by atoms with Crippen molar-refractivity contribution >= 4 is 11.6 Å². The number of anilines is 1. The van der Waals surface area contributed by atoms with E-state index in [0.29, 0.717) is 18.6 Å². The zero-order valence-electron chi connectivity index (χ0n) is 18.3. The highest BCUT2D eigenvalue weighted by molar-refractivity contribution is 5.99.